The van der Waals surface area contributed by atoms with Crippen LogP contribution in [0.3, 0.4) is 0 Å². The van der Waals surface area contributed by atoms with Gasteiger partial charge in [-0.05, 0) is 49.2 Å². The number of aromatic nitrogens is 1. The number of pyridine rings is 1. The number of para-hydroxylation sites is 1. The van der Waals surface area contributed by atoms with E-state index in [-0.39, 0.29) is 10.8 Å². The lowest BCUT2D eigenvalue weighted by Gasteiger charge is -2.35. The molecule has 9 nitrogen and oxygen atoms in total. The van der Waals surface area contributed by atoms with Crippen LogP contribution in [0.1, 0.15) is 22.3 Å². The number of fused-ring (bicyclic) bond motifs is 1. The molecule has 0 saturated carbocycles. The van der Waals surface area contributed by atoms with E-state index in [1.165, 1.54) is 6.07 Å². The van der Waals surface area contributed by atoms with E-state index in [1.54, 1.807) is 50.6 Å². The Kier molecular flexibility index (Phi) is 7.44. The first-order chi connectivity index (χ1) is 18.4. The molecule has 0 bridgehead atoms. The maximum Gasteiger partial charge on any atom is 0.264 e. The minimum Gasteiger partial charge on any atom is -0.481 e. The van der Waals surface area contributed by atoms with Gasteiger partial charge in [-0.2, -0.15) is 0 Å². The smallest absolute Gasteiger partial charge is 0.264 e. The lowest BCUT2D eigenvalue weighted by Crippen LogP contribution is -2.49. The third kappa shape index (κ3) is 5.41. The van der Waals surface area contributed by atoms with Crippen molar-refractivity contribution in [2.45, 2.75) is 18.2 Å². The van der Waals surface area contributed by atoms with Crippen LogP contribution in [-0.2, 0) is 14.8 Å². The summed E-state index contributed by atoms with van der Waals surface area (Å²) in [6.07, 6.45) is 4.68. The highest BCUT2D eigenvalue weighted by atomic mass is 32.2. The fourth-order valence-corrected chi connectivity index (χ4v) is 6.17. The number of sulfonamides is 1. The summed E-state index contributed by atoms with van der Waals surface area (Å²) in [5.41, 5.74) is 3.15. The molecule has 3 heterocycles. The maximum atomic E-state index is 13.2. The number of carbonyl (C=O) groups excluding carboxylic acids is 1. The van der Waals surface area contributed by atoms with Crippen LogP contribution in [0.4, 0.5) is 5.69 Å². The van der Waals surface area contributed by atoms with Crippen molar-refractivity contribution < 1.29 is 17.9 Å². The molecule has 2 aliphatic rings. The fourth-order valence-electron chi connectivity index (χ4n) is 4.86. The van der Waals surface area contributed by atoms with Crippen LogP contribution in [0.15, 0.2) is 76.3 Å². The molecular formula is C28H31N5O4S. The van der Waals surface area contributed by atoms with Crippen molar-refractivity contribution in [3.8, 4) is 0 Å². The van der Waals surface area contributed by atoms with Gasteiger partial charge in [0.2, 0.25) is 5.90 Å². The molecule has 3 aromatic rings. The van der Waals surface area contributed by atoms with E-state index in [1.807, 2.05) is 17.0 Å². The summed E-state index contributed by atoms with van der Waals surface area (Å²) in [7, 11) is -2.23. The molecule has 38 heavy (non-hydrogen) atoms. The number of piperazine rings is 1. The summed E-state index contributed by atoms with van der Waals surface area (Å²) in [6, 6.07) is 13.7. The lowest BCUT2D eigenvalue weighted by atomic mass is 10.1. The molecule has 2 aromatic carbocycles. The quantitative estimate of drug-likeness (QED) is 0.520. The van der Waals surface area contributed by atoms with Crippen molar-refractivity contribution in [1.29, 1.82) is 0 Å². The molecule has 1 aromatic heterocycles. The first-order valence-corrected chi connectivity index (χ1v) is 14.1. The third-order valence-corrected chi connectivity index (χ3v) is 8.30. The van der Waals surface area contributed by atoms with Gasteiger partial charge in [0.25, 0.3) is 15.9 Å². The molecule has 0 aliphatic carbocycles. The number of aliphatic imine (C=N–C) groups is 1. The van der Waals surface area contributed by atoms with Gasteiger partial charge in [0.05, 0.1) is 18.3 Å². The summed E-state index contributed by atoms with van der Waals surface area (Å²) in [4.78, 5) is 26.2. The highest BCUT2D eigenvalue weighted by molar-refractivity contribution is 7.93. The Morgan fingerprint density at radius 1 is 1.08 bits per heavy atom. The van der Waals surface area contributed by atoms with Gasteiger partial charge in [-0.1, -0.05) is 24.3 Å². The summed E-state index contributed by atoms with van der Waals surface area (Å²) in [5, 5.41) is 0.746. The van der Waals surface area contributed by atoms with Gasteiger partial charge in [0, 0.05) is 62.0 Å². The molecule has 0 atom stereocenters. The number of aryl methyl sites for hydroxylation is 1. The zero-order valence-electron chi connectivity index (χ0n) is 21.6. The molecule has 2 aliphatic heterocycles. The predicted octanol–water partition coefficient (Wildman–Crippen LogP) is 3.48. The van der Waals surface area contributed by atoms with Gasteiger partial charge in [-0.25, -0.2) is 8.42 Å². The third-order valence-electron chi connectivity index (χ3n) is 6.90. The van der Waals surface area contributed by atoms with E-state index in [9.17, 15) is 13.2 Å². The number of nitrogens with zero attached hydrogens (tertiary/aromatic N) is 4. The number of benzene rings is 2. The molecule has 1 saturated heterocycles. The van der Waals surface area contributed by atoms with E-state index in [0.29, 0.717) is 41.3 Å². The molecule has 1 N–H and O–H groups in total. The van der Waals surface area contributed by atoms with Crippen molar-refractivity contribution in [3.63, 3.8) is 0 Å². The SMILES string of the molecule is COC1=NCCC=C1CN1CCN(C(=O)c2ccc(NS(=O)(=O)c3cccc4cccnc34)c(C)c2)CC1. The standard InChI is InChI=1S/C28H31N5O4S/c1-20-18-22(28(34)33-16-14-32(15-17-33)19-23-8-5-13-30-27(23)37-2)10-11-24(20)31-38(35,36)25-9-3-6-21-7-4-12-29-26(21)25/h3-4,6-12,18,31H,5,13-17,19H2,1-2H3. The average molecular weight is 534 g/mol. The molecule has 10 heteroatoms. The van der Waals surface area contributed by atoms with E-state index in [4.69, 9.17) is 4.74 Å². The van der Waals surface area contributed by atoms with Crippen LogP contribution in [0.2, 0.25) is 0 Å². The number of anilines is 1. The number of carbonyl (C=O) groups is 1. The molecule has 1 amide bonds. The second kappa shape index (κ2) is 10.9. The number of hydrogen-bond donors (Lipinski definition) is 1. The average Bonchev–Trinajstić information content (AvgIpc) is 2.94. The van der Waals surface area contributed by atoms with Crippen LogP contribution in [-0.4, -0.2) is 81.4 Å². The number of hydrogen-bond acceptors (Lipinski definition) is 7. The Labute approximate surface area is 222 Å². The van der Waals surface area contributed by atoms with Gasteiger partial charge in [0.15, 0.2) is 0 Å². The fraction of sp³-hybridized carbons (Fsp3) is 0.321. The maximum absolute atomic E-state index is 13.2. The van der Waals surface area contributed by atoms with Crippen molar-refractivity contribution >= 4 is 38.4 Å². The summed E-state index contributed by atoms with van der Waals surface area (Å²) in [5.74, 6) is 0.647. The largest absolute Gasteiger partial charge is 0.481 e. The van der Waals surface area contributed by atoms with Gasteiger partial charge in [-0.3, -0.25) is 24.4 Å². The highest BCUT2D eigenvalue weighted by Gasteiger charge is 2.25. The van der Waals surface area contributed by atoms with Crippen LogP contribution < -0.4 is 4.72 Å². The number of nitrogens with one attached hydrogen (secondary N) is 1. The molecule has 0 unspecified atom stereocenters. The Hall–Kier alpha value is -3.76. The van der Waals surface area contributed by atoms with Crippen molar-refractivity contribution in [2.75, 3.05) is 51.1 Å². The zero-order chi connectivity index (χ0) is 26.7. The molecule has 0 radical (unpaired) electrons. The second-order valence-corrected chi connectivity index (χ2v) is 11.1. The second-order valence-electron chi connectivity index (χ2n) is 9.44. The Bertz CT molecular complexity index is 1520. The number of amides is 1. The minimum absolute atomic E-state index is 0.0589. The topological polar surface area (TPSA) is 104 Å². The first kappa shape index (κ1) is 25.9. The predicted molar refractivity (Wildman–Crippen MR) is 148 cm³/mol. The Morgan fingerprint density at radius 3 is 2.63 bits per heavy atom. The first-order valence-electron chi connectivity index (χ1n) is 12.6. The normalized spacial score (nSPS) is 16.6. The van der Waals surface area contributed by atoms with E-state index in [0.717, 1.165) is 43.6 Å². The van der Waals surface area contributed by atoms with Crippen molar-refractivity contribution in [1.82, 2.24) is 14.8 Å². The number of methoxy groups -OCH3 is 1. The summed E-state index contributed by atoms with van der Waals surface area (Å²) >= 11 is 0. The van der Waals surface area contributed by atoms with Gasteiger partial charge < -0.3 is 9.64 Å². The van der Waals surface area contributed by atoms with Crippen LogP contribution >= 0.6 is 0 Å². The van der Waals surface area contributed by atoms with E-state index in [2.05, 4.69) is 25.7 Å². The molecular weight excluding hydrogens is 502 g/mol. The lowest BCUT2D eigenvalue weighted by molar-refractivity contribution is 0.0648. The monoisotopic (exact) mass is 533 g/mol. The van der Waals surface area contributed by atoms with Crippen LogP contribution in [0, 0.1) is 6.92 Å². The number of dihydropyridines is 1. The molecule has 5 rings (SSSR count). The molecule has 0 spiro atoms. The van der Waals surface area contributed by atoms with Crippen molar-refractivity contribution in [3.05, 3.63) is 77.5 Å². The number of rotatable bonds is 6. The summed E-state index contributed by atoms with van der Waals surface area (Å²) < 4.78 is 34.5. The van der Waals surface area contributed by atoms with Gasteiger partial charge >= 0.3 is 0 Å². The van der Waals surface area contributed by atoms with Crippen LogP contribution in [0.5, 0.6) is 0 Å². The minimum atomic E-state index is -3.88. The number of ether oxygens (including phenoxy) is 1. The summed E-state index contributed by atoms with van der Waals surface area (Å²) in [6.45, 7) is 6.07. The van der Waals surface area contributed by atoms with Crippen molar-refractivity contribution in [2.24, 2.45) is 4.99 Å². The van der Waals surface area contributed by atoms with E-state index < -0.39 is 10.0 Å². The molecule has 198 valence electrons. The van der Waals surface area contributed by atoms with Gasteiger partial charge in [-0.15, -0.1) is 0 Å². The Morgan fingerprint density at radius 2 is 1.87 bits per heavy atom. The van der Waals surface area contributed by atoms with Crippen LogP contribution in [0.25, 0.3) is 10.9 Å². The Balaban J connectivity index is 1.24. The zero-order valence-corrected chi connectivity index (χ0v) is 22.4. The highest BCUT2D eigenvalue weighted by Crippen LogP contribution is 2.26. The van der Waals surface area contributed by atoms with E-state index >= 15 is 0 Å². The molecule has 1 fully saturated rings. The van der Waals surface area contributed by atoms with Gasteiger partial charge in [0.1, 0.15) is 4.90 Å².